The van der Waals surface area contributed by atoms with Gasteiger partial charge in [-0.1, -0.05) is 24.8 Å². The Balaban J connectivity index is 2.22. The van der Waals surface area contributed by atoms with Crippen LogP contribution in [0.15, 0.2) is 36.6 Å². The maximum atomic E-state index is 5.06. The van der Waals surface area contributed by atoms with E-state index in [9.17, 15) is 0 Å². The number of allylic oxidation sites excluding steroid dienone is 1. The molecular formula is C13H15NO. The molecule has 1 heterocycles. The zero-order valence-electron chi connectivity index (χ0n) is 8.92. The molecule has 0 unspecified atom stereocenters. The topological polar surface area (TPSA) is 21.3 Å². The van der Waals surface area contributed by atoms with Gasteiger partial charge in [-0.15, -0.1) is 0 Å². The van der Waals surface area contributed by atoms with E-state index in [2.05, 4.69) is 36.2 Å². The minimum absolute atomic E-state index is 0.759. The van der Waals surface area contributed by atoms with Gasteiger partial charge < -0.3 is 10.1 Å². The summed E-state index contributed by atoms with van der Waals surface area (Å²) in [6.07, 6.45) is 5.01. The fourth-order valence-electron chi connectivity index (χ4n) is 1.64. The Morgan fingerprint density at radius 3 is 3.00 bits per heavy atom. The summed E-state index contributed by atoms with van der Waals surface area (Å²) >= 11 is 0. The fourth-order valence-corrected chi connectivity index (χ4v) is 1.64. The molecule has 0 amide bonds. The number of methoxy groups -OCH3 is 1. The summed E-state index contributed by atoms with van der Waals surface area (Å²) < 4.78 is 5.06. The number of nitrogens with one attached hydrogen (secondary N) is 1. The minimum Gasteiger partial charge on any atom is -0.384 e. The number of ether oxygens (including phenoxy) is 1. The lowest BCUT2D eigenvalue weighted by atomic mass is 10.0. The third-order valence-corrected chi connectivity index (χ3v) is 2.47. The molecule has 2 heteroatoms. The van der Waals surface area contributed by atoms with Crippen molar-refractivity contribution >= 4 is 11.8 Å². The maximum absolute atomic E-state index is 5.06. The van der Waals surface area contributed by atoms with E-state index in [1.54, 1.807) is 7.11 Å². The van der Waals surface area contributed by atoms with Crippen LogP contribution in [0.25, 0.3) is 6.08 Å². The third-order valence-electron chi connectivity index (χ3n) is 2.47. The molecule has 0 atom stereocenters. The highest BCUT2D eigenvalue weighted by molar-refractivity contribution is 5.74. The molecule has 0 fully saturated rings. The first-order valence-electron chi connectivity index (χ1n) is 5.05. The molecule has 0 saturated heterocycles. The van der Waals surface area contributed by atoms with E-state index in [1.807, 2.05) is 6.08 Å². The summed E-state index contributed by atoms with van der Waals surface area (Å²) in [5, 5.41) is 3.25. The monoisotopic (exact) mass is 201 g/mol. The molecule has 1 aliphatic rings. The second-order valence-electron chi connectivity index (χ2n) is 3.65. The van der Waals surface area contributed by atoms with Gasteiger partial charge in [0.2, 0.25) is 0 Å². The standard InChI is InChI=1S/C13H15NO/c1-10-3-5-12-6-4-11(7-8-15-2)9-13(12)14-10/h3-6,9,14H,1,7-8H2,2H3. The molecule has 15 heavy (non-hydrogen) atoms. The van der Waals surface area contributed by atoms with Gasteiger partial charge in [0.25, 0.3) is 0 Å². The number of rotatable bonds is 3. The Morgan fingerprint density at radius 1 is 1.33 bits per heavy atom. The Bertz CT molecular complexity index is 407. The quantitative estimate of drug-likeness (QED) is 0.812. The summed E-state index contributed by atoms with van der Waals surface area (Å²) in [4.78, 5) is 0. The van der Waals surface area contributed by atoms with Crippen molar-refractivity contribution in [2.45, 2.75) is 6.42 Å². The number of anilines is 1. The van der Waals surface area contributed by atoms with Crippen LogP contribution in [-0.2, 0) is 11.2 Å². The van der Waals surface area contributed by atoms with Crippen LogP contribution in [0, 0.1) is 0 Å². The zero-order valence-corrected chi connectivity index (χ0v) is 8.92. The van der Waals surface area contributed by atoms with Gasteiger partial charge in [-0.05, 0) is 29.7 Å². The molecule has 2 rings (SSSR count). The number of hydrogen-bond acceptors (Lipinski definition) is 2. The van der Waals surface area contributed by atoms with Gasteiger partial charge in [-0.2, -0.15) is 0 Å². The lowest BCUT2D eigenvalue weighted by Gasteiger charge is -2.15. The van der Waals surface area contributed by atoms with Crippen molar-refractivity contribution in [2.24, 2.45) is 0 Å². The molecule has 0 radical (unpaired) electrons. The first-order chi connectivity index (χ1) is 7.29. The van der Waals surface area contributed by atoms with Crippen LogP contribution in [-0.4, -0.2) is 13.7 Å². The van der Waals surface area contributed by atoms with E-state index in [1.165, 1.54) is 11.1 Å². The van der Waals surface area contributed by atoms with Gasteiger partial charge in [0.05, 0.1) is 6.61 Å². The smallest absolute Gasteiger partial charge is 0.0502 e. The van der Waals surface area contributed by atoms with Crippen LogP contribution < -0.4 is 5.32 Å². The highest BCUT2D eigenvalue weighted by Gasteiger charge is 2.06. The second kappa shape index (κ2) is 4.32. The van der Waals surface area contributed by atoms with Crippen molar-refractivity contribution in [1.29, 1.82) is 0 Å². The summed E-state index contributed by atoms with van der Waals surface area (Å²) in [5.74, 6) is 0. The number of benzene rings is 1. The molecule has 78 valence electrons. The lowest BCUT2D eigenvalue weighted by Crippen LogP contribution is -2.03. The van der Waals surface area contributed by atoms with E-state index in [4.69, 9.17) is 4.74 Å². The van der Waals surface area contributed by atoms with Crippen LogP contribution in [0.3, 0.4) is 0 Å². The van der Waals surface area contributed by atoms with Crippen molar-refractivity contribution in [3.8, 4) is 0 Å². The number of hydrogen-bond donors (Lipinski definition) is 1. The van der Waals surface area contributed by atoms with Crippen LogP contribution in [0.4, 0.5) is 5.69 Å². The van der Waals surface area contributed by atoms with Crippen molar-refractivity contribution < 1.29 is 4.74 Å². The highest BCUT2D eigenvalue weighted by atomic mass is 16.5. The average Bonchev–Trinajstić information content (AvgIpc) is 2.25. The summed E-state index contributed by atoms with van der Waals surface area (Å²) in [7, 11) is 1.72. The lowest BCUT2D eigenvalue weighted by molar-refractivity contribution is 0.202. The molecule has 1 N–H and O–H groups in total. The number of fused-ring (bicyclic) bond motifs is 1. The van der Waals surface area contributed by atoms with Crippen molar-refractivity contribution in [2.75, 3.05) is 19.0 Å². The van der Waals surface area contributed by atoms with Crippen molar-refractivity contribution in [3.05, 3.63) is 47.7 Å². The molecule has 0 bridgehead atoms. The Hall–Kier alpha value is -1.54. The van der Waals surface area contributed by atoms with Gasteiger partial charge in [0, 0.05) is 18.5 Å². The fraction of sp³-hybridized carbons (Fsp3) is 0.231. The maximum Gasteiger partial charge on any atom is 0.0502 e. The molecule has 0 saturated carbocycles. The Kier molecular flexibility index (Phi) is 2.88. The van der Waals surface area contributed by atoms with E-state index < -0.39 is 0 Å². The Morgan fingerprint density at radius 2 is 2.20 bits per heavy atom. The van der Waals surface area contributed by atoms with Crippen molar-refractivity contribution in [3.63, 3.8) is 0 Å². The largest absolute Gasteiger partial charge is 0.384 e. The average molecular weight is 201 g/mol. The molecule has 0 aromatic heterocycles. The van der Waals surface area contributed by atoms with Gasteiger partial charge in [-0.3, -0.25) is 0 Å². The molecular weight excluding hydrogens is 186 g/mol. The molecule has 1 aliphatic heterocycles. The molecule has 2 nitrogen and oxygen atoms in total. The third kappa shape index (κ3) is 2.28. The molecule has 0 spiro atoms. The van der Waals surface area contributed by atoms with Crippen molar-refractivity contribution in [1.82, 2.24) is 0 Å². The van der Waals surface area contributed by atoms with E-state index in [0.29, 0.717) is 0 Å². The van der Waals surface area contributed by atoms with Crippen LogP contribution in [0.1, 0.15) is 11.1 Å². The van der Waals surface area contributed by atoms with Crippen LogP contribution in [0.5, 0.6) is 0 Å². The SMILES string of the molecule is C=C1C=Cc2ccc(CCOC)cc2N1. The minimum atomic E-state index is 0.759. The first kappa shape index (κ1) is 9.99. The Labute approximate surface area is 90.3 Å². The van der Waals surface area contributed by atoms with Gasteiger partial charge in [-0.25, -0.2) is 0 Å². The first-order valence-corrected chi connectivity index (χ1v) is 5.05. The van der Waals surface area contributed by atoms with Gasteiger partial charge in [0.15, 0.2) is 0 Å². The zero-order chi connectivity index (χ0) is 10.7. The molecule has 1 aromatic rings. The predicted molar refractivity (Wildman–Crippen MR) is 63.8 cm³/mol. The normalized spacial score (nSPS) is 13.5. The van der Waals surface area contributed by atoms with E-state index >= 15 is 0 Å². The van der Waals surface area contributed by atoms with Gasteiger partial charge >= 0.3 is 0 Å². The predicted octanol–water partition coefficient (Wildman–Crippen LogP) is 2.83. The van der Waals surface area contributed by atoms with Crippen LogP contribution >= 0.6 is 0 Å². The second-order valence-corrected chi connectivity index (χ2v) is 3.65. The van der Waals surface area contributed by atoms with Gasteiger partial charge in [0.1, 0.15) is 0 Å². The molecule has 1 aromatic carbocycles. The highest BCUT2D eigenvalue weighted by Crippen LogP contribution is 2.25. The van der Waals surface area contributed by atoms with E-state index in [-0.39, 0.29) is 0 Å². The summed E-state index contributed by atoms with van der Waals surface area (Å²) in [6, 6.07) is 6.41. The molecule has 0 aliphatic carbocycles. The summed E-state index contributed by atoms with van der Waals surface area (Å²) in [6.45, 7) is 4.64. The van der Waals surface area contributed by atoms with Crippen LogP contribution in [0.2, 0.25) is 0 Å². The summed E-state index contributed by atoms with van der Waals surface area (Å²) in [5.41, 5.74) is 4.57. The van der Waals surface area contributed by atoms with E-state index in [0.717, 1.165) is 24.4 Å².